The van der Waals surface area contributed by atoms with Crippen LogP contribution in [0.2, 0.25) is 0 Å². The molecular formula is C20H22N4O. The molecule has 0 bridgehead atoms. The Hall–Kier alpha value is -2.69. The topological polar surface area (TPSA) is 50.5 Å². The van der Waals surface area contributed by atoms with Crippen molar-refractivity contribution < 1.29 is 4.79 Å². The Morgan fingerprint density at radius 1 is 1.12 bits per heavy atom. The molecule has 5 nitrogen and oxygen atoms in total. The summed E-state index contributed by atoms with van der Waals surface area (Å²) in [6.45, 7) is 7.69. The van der Waals surface area contributed by atoms with Crippen LogP contribution in [0.5, 0.6) is 0 Å². The summed E-state index contributed by atoms with van der Waals surface area (Å²) in [4.78, 5) is 19.3. The molecule has 1 fully saturated rings. The highest BCUT2D eigenvalue weighted by atomic mass is 16.2. The van der Waals surface area contributed by atoms with Crippen molar-refractivity contribution in [3.05, 3.63) is 53.0 Å². The molecular weight excluding hydrogens is 312 g/mol. The lowest BCUT2D eigenvalue weighted by Crippen LogP contribution is -2.29. The van der Waals surface area contributed by atoms with Crippen molar-refractivity contribution in [3.63, 3.8) is 0 Å². The van der Waals surface area contributed by atoms with Gasteiger partial charge in [0.05, 0.1) is 17.0 Å². The van der Waals surface area contributed by atoms with E-state index in [1.165, 1.54) is 5.56 Å². The molecule has 1 aliphatic rings. The second kappa shape index (κ2) is 5.99. The third kappa shape index (κ3) is 2.60. The fourth-order valence-corrected chi connectivity index (χ4v) is 3.64. The van der Waals surface area contributed by atoms with E-state index in [-0.39, 0.29) is 5.91 Å². The number of amides is 1. The van der Waals surface area contributed by atoms with Gasteiger partial charge in [0.2, 0.25) is 0 Å². The van der Waals surface area contributed by atoms with E-state index >= 15 is 0 Å². The van der Waals surface area contributed by atoms with Crippen LogP contribution in [-0.4, -0.2) is 38.5 Å². The van der Waals surface area contributed by atoms with E-state index in [4.69, 9.17) is 0 Å². The minimum Gasteiger partial charge on any atom is -0.339 e. The molecule has 0 spiro atoms. The Morgan fingerprint density at radius 3 is 2.60 bits per heavy atom. The van der Waals surface area contributed by atoms with Gasteiger partial charge in [-0.05, 0) is 39.2 Å². The van der Waals surface area contributed by atoms with Gasteiger partial charge in [0.1, 0.15) is 0 Å². The fourth-order valence-electron chi connectivity index (χ4n) is 3.64. The molecule has 0 aliphatic carbocycles. The Morgan fingerprint density at radius 2 is 1.88 bits per heavy atom. The molecule has 4 rings (SSSR count). The summed E-state index contributed by atoms with van der Waals surface area (Å²) in [6, 6.07) is 8.35. The first kappa shape index (κ1) is 15.8. The number of benzene rings is 1. The molecule has 1 aromatic carbocycles. The van der Waals surface area contributed by atoms with Gasteiger partial charge < -0.3 is 4.90 Å². The number of fused-ring (bicyclic) bond motifs is 1. The van der Waals surface area contributed by atoms with E-state index in [9.17, 15) is 4.79 Å². The molecule has 128 valence electrons. The maximum atomic E-state index is 12.8. The van der Waals surface area contributed by atoms with Crippen molar-refractivity contribution in [1.82, 2.24) is 19.5 Å². The number of nitrogens with zero attached hydrogens (tertiary/aromatic N) is 4. The normalized spacial score (nSPS) is 14.4. The molecule has 0 saturated carbocycles. The van der Waals surface area contributed by atoms with Crippen molar-refractivity contribution in [2.45, 2.75) is 33.6 Å². The van der Waals surface area contributed by atoms with E-state index in [0.717, 1.165) is 54.1 Å². The number of rotatable bonds is 2. The van der Waals surface area contributed by atoms with E-state index < -0.39 is 0 Å². The maximum absolute atomic E-state index is 12.8. The zero-order chi connectivity index (χ0) is 17.6. The van der Waals surface area contributed by atoms with Crippen LogP contribution >= 0.6 is 0 Å². The second-order valence-electron chi connectivity index (χ2n) is 6.82. The lowest BCUT2D eigenvalue weighted by Gasteiger charge is -2.16. The predicted octanol–water partition coefficient (Wildman–Crippen LogP) is 3.56. The summed E-state index contributed by atoms with van der Waals surface area (Å²) in [5.41, 5.74) is 6.57. The standard InChI is InChI=1S/C20H22N4O/c1-13-7-6-8-16(11-13)18-14(2)22-24-15(3)17(12-21-19(18)24)20(25)23-9-4-5-10-23/h6-8,11-12H,4-5,9-10H2,1-3H3. The quantitative estimate of drug-likeness (QED) is 0.720. The molecule has 25 heavy (non-hydrogen) atoms. The van der Waals surface area contributed by atoms with Crippen LogP contribution < -0.4 is 0 Å². The van der Waals surface area contributed by atoms with Crippen LogP contribution in [0.1, 0.15) is 40.2 Å². The number of hydrogen-bond donors (Lipinski definition) is 0. The Balaban J connectivity index is 1.85. The van der Waals surface area contributed by atoms with Crippen molar-refractivity contribution in [2.75, 3.05) is 13.1 Å². The summed E-state index contributed by atoms with van der Waals surface area (Å²) in [5.74, 6) is 0.0645. The SMILES string of the molecule is Cc1cccc(-c2c(C)nn3c(C)c(C(=O)N4CCCC4)cnc23)c1. The number of aromatic nitrogens is 3. The van der Waals surface area contributed by atoms with Crippen LogP contribution in [0, 0.1) is 20.8 Å². The summed E-state index contributed by atoms with van der Waals surface area (Å²) in [6.07, 6.45) is 3.88. The smallest absolute Gasteiger partial charge is 0.257 e. The third-order valence-electron chi connectivity index (χ3n) is 4.99. The van der Waals surface area contributed by atoms with Crippen LogP contribution in [0.25, 0.3) is 16.8 Å². The fraction of sp³-hybridized carbons (Fsp3) is 0.350. The predicted molar refractivity (Wildman–Crippen MR) is 97.8 cm³/mol. The van der Waals surface area contributed by atoms with E-state index in [2.05, 4.69) is 35.2 Å². The number of likely N-dealkylation sites (tertiary alicyclic amines) is 1. The minimum atomic E-state index is 0.0645. The van der Waals surface area contributed by atoms with Crippen LogP contribution in [0.3, 0.4) is 0 Å². The van der Waals surface area contributed by atoms with E-state index in [0.29, 0.717) is 5.56 Å². The first-order chi connectivity index (χ1) is 12.1. The summed E-state index contributed by atoms with van der Waals surface area (Å²) in [5, 5.41) is 4.67. The maximum Gasteiger partial charge on any atom is 0.257 e. The lowest BCUT2D eigenvalue weighted by atomic mass is 10.0. The highest BCUT2D eigenvalue weighted by molar-refractivity contribution is 5.95. The Bertz CT molecular complexity index is 967. The molecule has 2 aromatic heterocycles. The van der Waals surface area contributed by atoms with Crippen LogP contribution in [0.4, 0.5) is 0 Å². The van der Waals surface area contributed by atoms with Gasteiger partial charge in [-0.2, -0.15) is 5.10 Å². The molecule has 0 N–H and O–H groups in total. The van der Waals surface area contributed by atoms with E-state index in [1.54, 1.807) is 6.20 Å². The summed E-state index contributed by atoms with van der Waals surface area (Å²) >= 11 is 0. The molecule has 0 atom stereocenters. The molecule has 0 radical (unpaired) electrons. The first-order valence-corrected chi connectivity index (χ1v) is 8.77. The number of carbonyl (C=O) groups is 1. The molecule has 5 heteroatoms. The van der Waals surface area contributed by atoms with Crippen molar-refractivity contribution >= 4 is 11.6 Å². The van der Waals surface area contributed by atoms with Crippen LogP contribution in [-0.2, 0) is 0 Å². The summed E-state index contributed by atoms with van der Waals surface area (Å²) < 4.78 is 1.82. The molecule has 0 unspecified atom stereocenters. The van der Waals surface area contributed by atoms with Gasteiger partial charge in [-0.1, -0.05) is 29.8 Å². The van der Waals surface area contributed by atoms with Crippen molar-refractivity contribution in [2.24, 2.45) is 0 Å². The van der Waals surface area contributed by atoms with Crippen molar-refractivity contribution in [3.8, 4) is 11.1 Å². The minimum absolute atomic E-state index is 0.0645. The van der Waals surface area contributed by atoms with Crippen molar-refractivity contribution in [1.29, 1.82) is 0 Å². The molecule has 3 aromatic rings. The lowest BCUT2D eigenvalue weighted by molar-refractivity contribution is 0.0791. The zero-order valence-electron chi connectivity index (χ0n) is 14.9. The highest BCUT2D eigenvalue weighted by Crippen LogP contribution is 2.29. The molecule has 1 aliphatic heterocycles. The molecule has 1 amide bonds. The van der Waals surface area contributed by atoms with Gasteiger partial charge in [-0.25, -0.2) is 9.50 Å². The second-order valence-corrected chi connectivity index (χ2v) is 6.82. The summed E-state index contributed by atoms with van der Waals surface area (Å²) in [7, 11) is 0. The van der Waals surface area contributed by atoms with Gasteiger partial charge in [0.15, 0.2) is 5.65 Å². The number of hydrogen-bond acceptors (Lipinski definition) is 3. The zero-order valence-corrected chi connectivity index (χ0v) is 14.9. The average Bonchev–Trinajstić information content (AvgIpc) is 3.22. The monoisotopic (exact) mass is 334 g/mol. The Kier molecular flexibility index (Phi) is 3.79. The molecule has 3 heterocycles. The van der Waals surface area contributed by atoms with Gasteiger partial charge in [-0.15, -0.1) is 0 Å². The first-order valence-electron chi connectivity index (χ1n) is 8.77. The highest BCUT2D eigenvalue weighted by Gasteiger charge is 2.24. The average molecular weight is 334 g/mol. The number of aryl methyl sites for hydroxylation is 3. The van der Waals surface area contributed by atoms with E-state index in [1.807, 2.05) is 29.3 Å². The van der Waals surface area contributed by atoms with Gasteiger partial charge in [0.25, 0.3) is 5.91 Å². The van der Waals surface area contributed by atoms with Crippen LogP contribution in [0.15, 0.2) is 30.5 Å². The number of carbonyl (C=O) groups excluding carboxylic acids is 1. The van der Waals surface area contributed by atoms with Gasteiger partial charge >= 0.3 is 0 Å². The Labute approximate surface area is 147 Å². The van der Waals surface area contributed by atoms with Gasteiger partial charge in [0, 0.05) is 24.8 Å². The van der Waals surface area contributed by atoms with Gasteiger partial charge in [-0.3, -0.25) is 4.79 Å². The largest absolute Gasteiger partial charge is 0.339 e. The third-order valence-corrected chi connectivity index (χ3v) is 4.99. The molecule has 1 saturated heterocycles.